The summed E-state index contributed by atoms with van der Waals surface area (Å²) in [5, 5.41) is 4.79. The van der Waals surface area contributed by atoms with E-state index in [4.69, 9.17) is 9.97 Å². The van der Waals surface area contributed by atoms with Gasteiger partial charge in [0.2, 0.25) is 11.6 Å². The first kappa shape index (κ1) is 24.5. The highest BCUT2D eigenvalue weighted by atomic mass is 32.2. The van der Waals surface area contributed by atoms with Crippen LogP contribution in [0, 0.1) is 0 Å². The van der Waals surface area contributed by atoms with Crippen LogP contribution in [-0.2, 0) is 0 Å². The molecule has 0 radical (unpaired) electrons. The highest BCUT2D eigenvalue weighted by molar-refractivity contribution is 7.99. The van der Waals surface area contributed by atoms with Gasteiger partial charge in [0.1, 0.15) is 5.52 Å². The van der Waals surface area contributed by atoms with Crippen molar-refractivity contribution in [2.24, 2.45) is 0 Å². The molecular weight excluding hydrogens is 583 g/mol. The van der Waals surface area contributed by atoms with Gasteiger partial charge in [-0.15, -0.1) is 0 Å². The summed E-state index contributed by atoms with van der Waals surface area (Å²) in [6.45, 7) is 0. The van der Waals surface area contributed by atoms with E-state index in [0.717, 1.165) is 55.7 Å². The smallest absolute Gasteiger partial charge is 0.223 e. The topological polar surface area (TPSA) is 39.0 Å². The third-order valence-electron chi connectivity index (χ3n) is 9.35. The van der Waals surface area contributed by atoms with Crippen LogP contribution in [0.15, 0.2) is 149 Å². The van der Waals surface area contributed by atoms with Crippen LogP contribution in [-0.4, -0.2) is 23.2 Å². The molecule has 4 heterocycles. The molecule has 5 nitrogen and oxygen atoms in total. The third-order valence-corrected chi connectivity index (χ3v) is 10.4. The van der Waals surface area contributed by atoms with Crippen molar-refractivity contribution in [3.05, 3.63) is 140 Å². The summed E-state index contributed by atoms with van der Waals surface area (Å²) in [5.41, 5.74) is 9.89. The molecule has 11 rings (SSSR count). The molecule has 0 aliphatic heterocycles. The molecule has 4 aromatic heterocycles. The van der Waals surface area contributed by atoms with Gasteiger partial charge in [-0.25, -0.2) is 14.4 Å². The van der Waals surface area contributed by atoms with Crippen LogP contribution in [0.4, 0.5) is 0 Å². The van der Waals surface area contributed by atoms with E-state index in [1.165, 1.54) is 36.9 Å². The normalized spacial score (nSPS) is 12.4. The predicted molar refractivity (Wildman–Crippen MR) is 190 cm³/mol. The second kappa shape index (κ2) is 8.87. The number of hydrogen-bond acceptors (Lipinski definition) is 3. The lowest BCUT2D eigenvalue weighted by Crippen LogP contribution is -1.89. The minimum atomic E-state index is 0.881. The Morgan fingerprint density at radius 2 is 0.870 bits per heavy atom. The monoisotopic (exact) mass is 605 g/mol. The van der Waals surface area contributed by atoms with Gasteiger partial charge < -0.3 is 0 Å². The fourth-order valence-corrected chi connectivity index (χ4v) is 8.08. The van der Waals surface area contributed by atoms with Crippen LogP contribution in [0.25, 0.3) is 82.8 Å². The number of imidazole rings is 4. The number of aromatic nitrogens is 5. The van der Waals surface area contributed by atoms with E-state index < -0.39 is 0 Å². The van der Waals surface area contributed by atoms with Gasteiger partial charge in [0.05, 0.1) is 33.1 Å². The highest BCUT2D eigenvalue weighted by Crippen LogP contribution is 2.39. The fourth-order valence-electron chi connectivity index (χ4n) is 7.25. The van der Waals surface area contributed by atoms with Crippen LogP contribution in [0.5, 0.6) is 0 Å². The van der Waals surface area contributed by atoms with Gasteiger partial charge in [0.25, 0.3) is 0 Å². The maximum absolute atomic E-state index is 5.25. The first-order valence-corrected chi connectivity index (χ1v) is 16.2. The Balaban J connectivity index is 1.23. The molecule has 0 saturated carbocycles. The van der Waals surface area contributed by atoms with E-state index in [-0.39, 0.29) is 0 Å². The molecule has 214 valence electrons. The van der Waals surface area contributed by atoms with Crippen LogP contribution >= 0.6 is 11.8 Å². The highest BCUT2D eigenvalue weighted by Gasteiger charge is 2.25. The molecule has 0 spiro atoms. The molecule has 11 aromatic rings. The first-order valence-electron chi connectivity index (χ1n) is 15.4. The summed E-state index contributed by atoms with van der Waals surface area (Å²) in [5.74, 6) is 1.76. The second-order valence-corrected chi connectivity index (χ2v) is 13.2. The lowest BCUT2D eigenvalue weighted by atomic mass is 10.0. The molecule has 0 N–H and O–H groups in total. The van der Waals surface area contributed by atoms with E-state index in [1.54, 1.807) is 11.8 Å². The molecule has 6 heteroatoms. The summed E-state index contributed by atoms with van der Waals surface area (Å²) < 4.78 is 6.90. The second-order valence-electron chi connectivity index (χ2n) is 12.0. The Kier molecular flexibility index (Phi) is 4.72. The Labute approximate surface area is 266 Å². The molecule has 0 aliphatic carbocycles. The molecular formula is C40H23N5S. The van der Waals surface area contributed by atoms with Gasteiger partial charge in [0.15, 0.2) is 0 Å². The van der Waals surface area contributed by atoms with Crippen molar-refractivity contribution >= 4 is 83.5 Å². The zero-order valence-corrected chi connectivity index (χ0v) is 25.2. The summed E-state index contributed by atoms with van der Waals surface area (Å²) in [6.07, 6.45) is 0. The predicted octanol–water partition coefficient (Wildman–Crippen LogP) is 10.3. The summed E-state index contributed by atoms with van der Waals surface area (Å²) in [4.78, 5) is 13.0. The Bertz CT molecular complexity index is 2830. The SMILES string of the molecule is c1ccc(Sc2ccc(-c3cc4c5c(c3)n3c6cc7ccccc7cc6nc3n5c3nc5cc6ccccc6cc5n43)cc2)cc1. The lowest BCUT2D eigenvalue weighted by molar-refractivity contribution is 1.15. The zero-order valence-electron chi connectivity index (χ0n) is 24.4. The minimum Gasteiger partial charge on any atom is -0.276 e. The molecule has 0 amide bonds. The minimum absolute atomic E-state index is 0.881. The van der Waals surface area contributed by atoms with Crippen molar-refractivity contribution in [2.45, 2.75) is 9.79 Å². The van der Waals surface area contributed by atoms with Crippen LogP contribution in [0.2, 0.25) is 0 Å². The van der Waals surface area contributed by atoms with Gasteiger partial charge in [-0.2, -0.15) is 0 Å². The summed E-state index contributed by atoms with van der Waals surface area (Å²) in [6, 6.07) is 50.1. The van der Waals surface area contributed by atoms with Crippen molar-refractivity contribution in [1.29, 1.82) is 0 Å². The van der Waals surface area contributed by atoms with Crippen LogP contribution < -0.4 is 0 Å². The average molecular weight is 606 g/mol. The van der Waals surface area contributed by atoms with Gasteiger partial charge in [0, 0.05) is 9.79 Å². The number of hydrogen-bond donors (Lipinski definition) is 0. The van der Waals surface area contributed by atoms with Crippen molar-refractivity contribution in [3.63, 3.8) is 0 Å². The molecule has 7 aromatic carbocycles. The standard InChI is InChI=1S/C40H23N5S/c1-2-12-30(13-3-1)46-31-16-14-24(15-17-31)29-22-36-38-37(23-29)44-35-21-28-11-7-5-9-26(28)19-33(35)42-40(44)45(38)39-41-32-18-25-8-4-6-10-27(25)20-34(32)43(36)39/h1-23H. The maximum Gasteiger partial charge on any atom is 0.223 e. The number of fused-ring (bicyclic) bond motifs is 12. The van der Waals surface area contributed by atoms with E-state index in [0.29, 0.717) is 0 Å². The van der Waals surface area contributed by atoms with Gasteiger partial charge in [-0.3, -0.25) is 8.80 Å². The molecule has 0 unspecified atom stereocenters. The fraction of sp³-hybridized carbons (Fsp3) is 0. The summed E-state index contributed by atoms with van der Waals surface area (Å²) in [7, 11) is 0. The molecule has 0 fully saturated rings. The molecule has 0 bridgehead atoms. The van der Waals surface area contributed by atoms with E-state index in [2.05, 4.69) is 153 Å². The van der Waals surface area contributed by atoms with Gasteiger partial charge >= 0.3 is 0 Å². The zero-order chi connectivity index (χ0) is 29.9. The number of nitrogens with zero attached hydrogens (tertiary/aromatic N) is 5. The number of benzene rings is 7. The van der Waals surface area contributed by atoms with Crippen molar-refractivity contribution < 1.29 is 0 Å². The quantitative estimate of drug-likeness (QED) is 0.201. The van der Waals surface area contributed by atoms with E-state index in [9.17, 15) is 0 Å². The Morgan fingerprint density at radius 3 is 1.41 bits per heavy atom. The maximum atomic E-state index is 5.25. The summed E-state index contributed by atoms with van der Waals surface area (Å²) >= 11 is 1.78. The molecule has 0 saturated heterocycles. The molecule has 0 aliphatic rings. The third kappa shape index (κ3) is 3.31. The van der Waals surface area contributed by atoms with Crippen LogP contribution in [0.1, 0.15) is 0 Å². The van der Waals surface area contributed by atoms with Gasteiger partial charge in [-0.05, 0) is 93.3 Å². The van der Waals surface area contributed by atoms with Crippen LogP contribution in [0.3, 0.4) is 0 Å². The van der Waals surface area contributed by atoms with Crippen molar-refractivity contribution in [1.82, 2.24) is 23.2 Å². The van der Waals surface area contributed by atoms with Crippen molar-refractivity contribution in [3.8, 4) is 11.1 Å². The van der Waals surface area contributed by atoms with Crippen molar-refractivity contribution in [2.75, 3.05) is 0 Å². The molecule has 46 heavy (non-hydrogen) atoms. The first-order chi connectivity index (χ1) is 22.8. The van der Waals surface area contributed by atoms with E-state index >= 15 is 0 Å². The Hall–Kier alpha value is -5.85. The average Bonchev–Trinajstić information content (AvgIpc) is 3.82. The Morgan fingerprint density at radius 1 is 0.391 bits per heavy atom. The van der Waals surface area contributed by atoms with E-state index in [1.807, 2.05) is 0 Å². The largest absolute Gasteiger partial charge is 0.276 e. The lowest BCUT2D eigenvalue weighted by Gasteiger charge is -2.07. The number of rotatable bonds is 3. The molecule has 0 atom stereocenters. The van der Waals surface area contributed by atoms with Gasteiger partial charge in [-0.1, -0.05) is 90.6 Å².